The first-order valence-electron chi connectivity index (χ1n) is 4.66. The third-order valence-corrected chi connectivity index (χ3v) is 2.12. The van der Waals surface area contributed by atoms with Crippen molar-refractivity contribution in [1.82, 2.24) is 0 Å². The highest BCUT2D eigenvalue weighted by molar-refractivity contribution is 5.96. The van der Waals surface area contributed by atoms with Crippen LogP contribution >= 0.6 is 0 Å². The van der Waals surface area contributed by atoms with E-state index in [9.17, 15) is 4.79 Å². The van der Waals surface area contributed by atoms with Gasteiger partial charge in [-0.05, 0) is 12.1 Å². The molecular formula is C11H16N2O. The van der Waals surface area contributed by atoms with E-state index in [1.807, 2.05) is 32.0 Å². The summed E-state index contributed by atoms with van der Waals surface area (Å²) in [7, 11) is 1.74. The van der Waals surface area contributed by atoms with Crippen molar-refractivity contribution in [2.24, 2.45) is 5.92 Å². The van der Waals surface area contributed by atoms with E-state index in [2.05, 4.69) is 0 Å². The van der Waals surface area contributed by atoms with Gasteiger partial charge in [-0.15, -0.1) is 0 Å². The average Bonchev–Trinajstić information content (AvgIpc) is 2.16. The molecule has 0 spiro atoms. The van der Waals surface area contributed by atoms with Crippen LogP contribution in [-0.2, 0) is 4.79 Å². The first-order chi connectivity index (χ1) is 6.54. The lowest BCUT2D eigenvalue weighted by atomic mass is 10.1. The molecule has 3 nitrogen and oxygen atoms in total. The number of nitrogens with two attached hydrogens (primary N) is 1. The summed E-state index contributed by atoms with van der Waals surface area (Å²) in [6, 6.07) is 7.36. The van der Waals surface area contributed by atoms with Gasteiger partial charge in [0, 0.05) is 13.0 Å². The van der Waals surface area contributed by atoms with Crippen LogP contribution in [0.4, 0.5) is 11.4 Å². The van der Waals surface area contributed by atoms with Gasteiger partial charge in [0.2, 0.25) is 5.91 Å². The SMILES string of the molecule is CC(C)C(=O)N(C)c1ccccc1N. The molecule has 0 aliphatic carbocycles. The maximum absolute atomic E-state index is 11.7. The van der Waals surface area contributed by atoms with Crippen molar-refractivity contribution in [3.05, 3.63) is 24.3 Å². The molecule has 0 aromatic heterocycles. The fourth-order valence-corrected chi connectivity index (χ4v) is 1.30. The molecule has 1 rings (SSSR count). The molecule has 0 saturated carbocycles. The van der Waals surface area contributed by atoms with Gasteiger partial charge in [0.05, 0.1) is 11.4 Å². The largest absolute Gasteiger partial charge is 0.397 e. The first kappa shape index (κ1) is 10.6. The van der Waals surface area contributed by atoms with Crippen molar-refractivity contribution in [2.75, 3.05) is 17.7 Å². The highest BCUT2D eigenvalue weighted by atomic mass is 16.2. The first-order valence-corrected chi connectivity index (χ1v) is 4.66. The second kappa shape index (κ2) is 4.13. The predicted molar refractivity (Wildman–Crippen MR) is 59.1 cm³/mol. The van der Waals surface area contributed by atoms with Gasteiger partial charge in [0.1, 0.15) is 0 Å². The van der Waals surface area contributed by atoms with E-state index in [1.54, 1.807) is 18.0 Å². The molecule has 0 fully saturated rings. The zero-order valence-corrected chi connectivity index (χ0v) is 8.82. The van der Waals surface area contributed by atoms with Crippen LogP contribution in [0.3, 0.4) is 0 Å². The van der Waals surface area contributed by atoms with Gasteiger partial charge in [-0.25, -0.2) is 0 Å². The third-order valence-electron chi connectivity index (χ3n) is 2.12. The molecule has 2 N–H and O–H groups in total. The molecule has 0 aliphatic rings. The lowest BCUT2D eigenvalue weighted by molar-refractivity contribution is -0.121. The molecule has 0 atom stereocenters. The number of nitrogen functional groups attached to an aromatic ring is 1. The van der Waals surface area contributed by atoms with Crippen molar-refractivity contribution in [1.29, 1.82) is 0 Å². The van der Waals surface area contributed by atoms with Gasteiger partial charge in [-0.3, -0.25) is 4.79 Å². The molecule has 76 valence electrons. The minimum atomic E-state index is -0.0143. The fourth-order valence-electron chi connectivity index (χ4n) is 1.30. The highest BCUT2D eigenvalue weighted by Gasteiger charge is 2.15. The Labute approximate surface area is 84.5 Å². The van der Waals surface area contributed by atoms with E-state index in [1.165, 1.54) is 0 Å². The maximum Gasteiger partial charge on any atom is 0.229 e. The Hall–Kier alpha value is -1.51. The molecule has 0 aliphatic heterocycles. The molecular weight excluding hydrogens is 176 g/mol. The number of anilines is 2. The Morgan fingerprint density at radius 1 is 1.36 bits per heavy atom. The normalized spacial score (nSPS) is 10.3. The second-order valence-corrected chi connectivity index (χ2v) is 3.61. The Kier molecular flexibility index (Phi) is 3.12. The van der Waals surface area contributed by atoms with Crippen molar-refractivity contribution < 1.29 is 4.79 Å². The second-order valence-electron chi connectivity index (χ2n) is 3.61. The standard InChI is InChI=1S/C11H16N2O/c1-8(2)11(14)13(3)10-7-5-4-6-9(10)12/h4-8H,12H2,1-3H3. The summed E-state index contributed by atoms with van der Waals surface area (Å²) in [5.41, 5.74) is 7.16. The van der Waals surface area contributed by atoms with Crippen LogP contribution in [0.25, 0.3) is 0 Å². The maximum atomic E-state index is 11.7. The number of benzene rings is 1. The monoisotopic (exact) mass is 192 g/mol. The number of carbonyl (C=O) groups is 1. The molecule has 1 amide bonds. The Balaban J connectivity index is 2.95. The van der Waals surface area contributed by atoms with Crippen molar-refractivity contribution in [3.63, 3.8) is 0 Å². The van der Waals surface area contributed by atoms with Gasteiger partial charge in [-0.1, -0.05) is 26.0 Å². The molecule has 0 radical (unpaired) electrons. The van der Waals surface area contributed by atoms with E-state index in [4.69, 9.17) is 5.73 Å². The predicted octanol–water partition coefficient (Wildman–Crippen LogP) is 1.89. The Bertz CT molecular complexity index is 334. The number of nitrogens with zero attached hydrogens (tertiary/aromatic N) is 1. The van der Waals surface area contributed by atoms with Crippen LogP contribution in [0.15, 0.2) is 24.3 Å². The smallest absolute Gasteiger partial charge is 0.229 e. The summed E-state index contributed by atoms with van der Waals surface area (Å²) >= 11 is 0. The van der Waals surface area contributed by atoms with E-state index >= 15 is 0 Å². The Morgan fingerprint density at radius 3 is 2.43 bits per heavy atom. The molecule has 0 heterocycles. The molecule has 3 heteroatoms. The van der Waals surface area contributed by atoms with Crippen LogP contribution in [0.1, 0.15) is 13.8 Å². The van der Waals surface area contributed by atoms with Crippen LogP contribution in [-0.4, -0.2) is 13.0 Å². The van der Waals surface area contributed by atoms with Crippen molar-refractivity contribution in [3.8, 4) is 0 Å². The zero-order valence-electron chi connectivity index (χ0n) is 8.82. The summed E-state index contributed by atoms with van der Waals surface area (Å²) in [6.45, 7) is 3.75. The number of amides is 1. The minimum Gasteiger partial charge on any atom is -0.397 e. The summed E-state index contributed by atoms with van der Waals surface area (Å²) in [4.78, 5) is 13.3. The summed E-state index contributed by atoms with van der Waals surface area (Å²) in [6.07, 6.45) is 0. The van der Waals surface area contributed by atoms with Gasteiger partial charge >= 0.3 is 0 Å². The van der Waals surface area contributed by atoms with Gasteiger partial charge in [-0.2, -0.15) is 0 Å². The molecule has 14 heavy (non-hydrogen) atoms. The van der Waals surface area contributed by atoms with Crippen LogP contribution < -0.4 is 10.6 Å². The molecule has 0 saturated heterocycles. The van der Waals surface area contributed by atoms with Crippen molar-refractivity contribution in [2.45, 2.75) is 13.8 Å². The zero-order chi connectivity index (χ0) is 10.7. The number of rotatable bonds is 2. The van der Waals surface area contributed by atoms with Crippen LogP contribution in [0.5, 0.6) is 0 Å². The van der Waals surface area contributed by atoms with E-state index < -0.39 is 0 Å². The Morgan fingerprint density at radius 2 is 1.93 bits per heavy atom. The number of hydrogen-bond donors (Lipinski definition) is 1. The third kappa shape index (κ3) is 2.05. The molecule has 1 aromatic carbocycles. The van der Waals surface area contributed by atoms with E-state index in [0.717, 1.165) is 5.69 Å². The minimum absolute atomic E-state index is 0.0143. The van der Waals surface area contributed by atoms with Crippen LogP contribution in [0, 0.1) is 5.92 Å². The lowest BCUT2D eigenvalue weighted by Crippen LogP contribution is -2.30. The molecule has 0 unspecified atom stereocenters. The quantitative estimate of drug-likeness (QED) is 0.727. The fraction of sp³-hybridized carbons (Fsp3) is 0.364. The summed E-state index contributed by atoms with van der Waals surface area (Å²) in [5, 5.41) is 0. The summed E-state index contributed by atoms with van der Waals surface area (Å²) < 4.78 is 0. The molecule has 1 aromatic rings. The molecule has 0 bridgehead atoms. The van der Waals surface area contributed by atoms with Gasteiger partial charge < -0.3 is 10.6 Å². The van der Waals surface area contributed by atoms with Crippen LogP contribution in [0.2, 0.25) is 0 Å². The number of carbonyl (C=O) groups excluding carboxylic acids is 1. The highest BCUT2D eigenvalue weighted by Crippen LogP contribution is 2.22. The number of para-hydroxylation sites is 2. The van der Waals surface area contributed by atoms with E-state index in [0.29, 0.717) is 5.69 Å². The topological polar surface area (TPSA) is 46.3 Å². The van der Waals surface area contributed by atoms with Crippen molar-refractivity contribution >= 4 is 17.3 Å². The average molecular weight is 192 g/mol. The van der Waals surface area contributed by atoms with Gasteiger partial charge in [0.25, 0.3) is 0 Å². The number of hydrogen-bond acceptors (Lipinski definition) is 2. The summed E-state index contributed by atoms with van der Waals surface area (Å²) in [5.74, 6) is 0.0579. The lowest BCUT2D eigenvalue weighted by Gasteiger charge is -2.20. The van der Waals surface area contributed by atoms with E-state index in [-0.39, 0.29) is 11.8 Å². The van der Waals surface area contributed by atoms with Gasteiger partial charge in [0.15, 0.2) is 0 Å².